The molecule has 2 amide bonds. The molecule has 0 saturated heterocycles. The lowest BCUT2D eigenvalue weighted by atomic mass is 10.1. The number of rotatable bonds is 7. The maximum absolute atomic E-state index is 13.9. The number of pyridine rings is 1. The van der Waals surface area contributed by atoms with Gasteiger partial charge in [0.25, 0.3) is 0 Å². The molecule has 0 saturated carbocycles. The standard InChI is InChI=1S/C23H24FN3O2/c1-17(21-7-3-4-8-22(21)24)27(2)23(28)26-15-18-9-11-20(12-10-18)29-16-19-6-5-13-25-14-19/h3-14,17H,15-16H2,1-2H3,(H,26,28). The smallest absolute Gasteiger partial charge is 0.317 e. The van der Waals surface area contributed by atoms with E-state index in [1.165, 1.54) is 11.0 Å². The molecule has 0 fully saturated rings. The third-order valence-electron chi connectivity index (χ3n) is 4.75. The number of hydrogen-bond acceptors (Lipinski definition) is 3. The van der Waals surface area contributed by atoms with Gasteiger partial charge >= 0.3 is 6.03 Å². The molecule has 1 aromatic heterocycles. The molecule has 1 heterocycles. The molecular formula is C23H24FN3O2. The second kappa shape index (κ2) is 9.68. The predicted molar refractivity (Wildman–Crippen MR) is 110 cm³/mol. The number of carbonyl (C=O) groups excluding carboxylic acids is 1. The second-order valence-corrected chi connectivity index (χ2v) is 6.76. The highest BCUT2D eigenvalue weighted by Crippen LogP contribution is 2.21. The first kappa shape index (κ1) is 20.3. The minimum atomic E-state index is -0.376. The molecule has 29 heavy (non-hydrogen) atoms. The van der Waals surface area contributed by atoms with Gasteiger partial charge in [0.1, 0.15) is 18.2 Å². The Hall–Kier alpha value is -3.41. The Morgan fingerprint density at radius 2 is 1.86 bits per heavy atom. The molecular weight excluding hydrogens is 369 g/mol. The van der Waals surface area contributed by atoms with Crippen LogP contribution in [0, 0.1) is 5.82 Å². The van der Waals surface area contributed by atoms with Gasteiger partial charge in [0.15, 0.2) is 0 Å². The highest BCUT2D eigenvalue weighted by Gasteiger charge is 2.19. The van der Waals surface area contributed by atoms with Gasteiger partial charge in [-0.2, -0.15) is 0 Å². The summed E-state index contributed by atoms with van der Waals surface area (Å²) in [5.41, 5.74) is 2.43. The van der Waals surface area contributed by atoms with Crippen molar-refractivity contribution in [3.63, 3.8) is 0 Å². The van der Waals surface area contributed by atoms with Crippen molar-refractivity contribution in [1.29, 1.82) is 0 Å². The first-order valence-corrected chi connectivity index (χ1v) is 9.40. The first-order valence-electron chi connectivity index (χ1n) is 9.40. The van der Waals surface area contributed by atoms with Crippen LogP contribution in [0.4, 0.5) is 9.18 Å². The first-order chi connectivity index (χ1) is 14.0. The van der Waals surface area contributed by atoms with Crippen molar-refractivity contribution in [2.75, 3.05) is 7.05 Å². The molecule has 0 aliphatic heterocycles. The van der Waals surface area contributed by atoms with Crippen LogP contribution in [0.1, 0.15) is 29.7 Å². The minimum Gasteiger partial charge on any atom is -0.489 e. The number of nitrogens with one attached hydrogen (secondary N) is 1. The van der Waals surface area contributed by atoms with Crippen molar-refractivity contribution in [1.82, 2.24) is 15.2 Å². The predicted octanol–water partition coefficient (Wildman–Crippen LogP) is 4.70. The van der Waals surface area contributed by atoms with Crippen molar-refractivity contribution in [2.24, 2.45) is 0 Å². The van der Waals surface area contributed by atoms with E-state index in [0.29, 0.717) is 18.7 Å². The van der Waals surface area contributed by atoms with Crippen LogP contribution in [0.2, 0.25) is 0 Å². The maximum Gasteiger partial charge on any atom is 0.317 e. The van der Waals surface area contributed by atoms with Crippen LogP contribution in [0.3, 0.4) is 0 Å². The summed E-state index contributed by atoms with van der Waals surface area (Å²) < 4.78 is 19.7. The molecule has 3 rings (SSSR count). The van der Waals surface area contributed by atoms with Gasteiger partial charge in [-0.15, -0.1) is 0 Å². The van der Waals surface area contributed by atoms with E-state index in [-0.39, 0.29) is 17.9 Å². The SMILES string of the molecule is CC(c1ccccc1F)N(C)C(=O)NCc1ccc(OCc2cccnc2)cc1. The Kier molecular flexibility index (Phi) is 6.79. The third kappa shape index (κ3) is 5.54. The van der Waals surface area contributed by atoms with Crippen LogP contribution < -0.4 is 10.1 Å². The normalized spacial score (nSPS) is 11.6. The summed E-state index contributed by atoms with van der Waals surface area (Å²) in [6, 6.07) is 17.2. The summed E-state index contributed by atoms with van der Waals surface area (Å²) in [6.07, 6.45) is 3.49. The lowest BCUT2D eigenvalue weighted by Gasteiger charge is -2.26. The lowest BCUT2D eigenvalue weighted by molar-refractivity contribution is 0.193. The summed E-state index contributed by atoms with van der Waals surface area (Å²) >= 11 is 0. The van der Waals surface area contributed by atoms with Crippen LogP contribution in [0.15, 0.2) is 73.1 Å². The monoisotopic (exact) mass is 393 g/mol. The molecule has 150 valence electrons. The van der Waals surface area contributed by atoms with Crippen molar-refractivity contribution in [2.45, 2.75) is 26.1 Å². The number of halogens is 1. The van der Waals surface area contributed by atoms with Crippen molar-refractivity contribution in [3.05, 3.63) is 95.6 Å². The lowest BCUT2D eigenvalue weighted by Crippen LogP contribution is -2.38. The number of amides is 2. The van der Waals surface area contributed by atoms with Gasteiger partial charge in [0.05, 0.1) is 6.04 Å². The quantitative estimate of drug-likeness (QED) is 0.633. The van der Waals surface area contributed by atoms with Crippen molar-refractivity contribution in [3.8, 4) is 5.75 Å². The van der Waals surface area contributed by atoms with E-state index in [0.717, 1.165) is 16.9 Å². The van der Waals surface area contributed by atoms with Gasteiger partial charge in [0, 0.05) is 37.1 Å². The van der Waals surface area contributed by atoms with E-state index in [4.69, 9.17) is 4.74 Å². The largest absolute Gasteiger partial charge is 0.489 e. The van der Waals surface area contributed by atoms with E-state index in [2.05, 4.69) is 10.3 Å². The van der Waals surface area contributed by atoms with Crippen LogP contribution in [-0.4, -0.2) is 23.0 Å². The molecule has 1 unspecified atom stereocenters. The highest BCUT2D eigenvalue weighted by molar-refractivity contribution is 5.74. The average molecular weight is 393 g/mol. The van der Waals surface area contributed by atoms with E-state index in [1.54, 1.807) is 44.6 Å². The Labute approximate surface area is 170 Å². The molecule has 3 aromatic rings. The Balaban J connectivity index is 1.50. The number of carbonyl (C=O) groups is 1. The topological polar surface area (TPSA) is 54.5 Å². The van der Waals surface area contributed by atoms with Gasteiger partial charge in [-0.05, 0) is 36.8 Å². The summed E-state index contributed by atoms with van der Waals surface area (Å²) in [5, 5.41) is 2.86. The van der Waals surface area contributed by atoms with Gasteiger partial charge < -0.3 is 15.0 Å². The summed E-state index contributed by atoms with van der Waals surface area (Å²) in [7, 11) is 1.65. The number of benzene rings is 2. The zero-order chi connectivity index (χ0) is 20.6. The van der Waals surface area contributed by atoms with Crippen molar-refractivity contribution < 1.29 is 13.9 Å². The summed E-state index contributed by atoms with van der Waals surface area (Å²) in [6.45, 7) is 2.62. The molecule has 6 heteroatoms. The van der Waals surface area contributed by atoms with E-state index >= 15 is 0 Å². The summed E-state index contributed by atoms with van der Waals surface area (Å²) in [5.74, 6) is 0.427. The molecule has 5 nitrogen and oxygen atoms in total. The minimum absolute atomic E-state index is 0.266. The fraction of sp³-hybridized carbons (Fsp3) is 0.217. The average Bonchev–Trinajstić information content (AvgIpc) is 2.77. The number of hydrogen-bond donors (Lipinski definition) is 1. The third-order valence-corrected chi connectivity index (χ3v) is 4.75. The van der Waals surface area contributed by atoms with Gasteiger partial charge in [0.2, 0.25) is 0 Å². The number of ether oxygens (including phenoxy) is 1. The molecule has 1 N–H and O–H groups in total. The number of urea groups is 1. The molecule has 0 radical (unpaired) electrons. The fourth-order valence-corrected chi connectivity index (χ4v) is 2.85. The molecule has 0 aliphatic carbocycles. The van der Waals surface area contributed by atoms with Crippen LogP contribution in [-0.2, 0) is 13.2 Å². The van der Waals surface area contributed by atoms with E-state index in [9.17, 15) is 9.18 Å². The maximum atomic E-state index is 13.9. The Morgan fingerprint density at radius 1 is 1.10 bits per heavy atom. The molecule has 0 spiro atoms. The van der Waals surface area contributed by atoms with Gasteiger partial charge in [-0.25, -0.2) is 9.18 Å². The van der Waals surface area contributed by atoms with E-state index in [1.807, 2.05) is 36.4 Å². The Morgan fingerprint density at radius 3 is 2.55 bits per heavy atom. The summed E-state index contributed by atoms with van der Waals surface area (Å²) in [4.78, 5) is 18.0. The van der Waals surface area contributed by atoms with Crippen LogP contribution >= 0.6 is 0 Å². The second-order valence-electron chi connectivity index (χ2n) is 6.76. The van der Waals surface area contributed by atoms with Crippen LogP contribution in [0.25, 0.3) is 0 Å². The molecule has 1 atom stereocenters. The van der Waals surface area contributed by atoms with Gasteiger partial charge in [-0.1, -0.05) is 36.4 Å². The van der Waals surface area contributed by atoms with Crippen molar-refractivity contribution >= 4 is 6.03 Å². The van der Waals surface area contributed by atoms with Crippen LogP contribution in [0.5, 0.6) is 5.75 Å². The molecule has 0 aliphatic rings. The fourth-order valence-electron chi connectivity index (χ4n) is 2.85. The van der Waals surface area contributed by atoms with E-state index < -0.39 is 0 Å². The molecule has 2 aromatic carbocycles. The zero-order valence-corrected chi connectivity index (χ0v) is 16.5. The van der Waals surface area contributed by atoms with Gasteiger partial charge in [-0.3, -0.25) is 4.98 Å². The highest BCUT2D eigenvalue weighted by atomic mass is 19.1. The number of aromatic nitrogens is 1. The Bertz CT molecular complexity index is 932. The molecule has 0 bridgehead atoms. The zero-order valence-electron chi connectivity index (χ0n) is 16.5. The number of nitrogens with zero attached hydrogens (tertiary/aromatic N) is 2.